The molecule has 1 amide bonds. The molecule has 0 heterocycles. The van der Waals surface area contributed by atoms with Gasteiger partial charge in [0.05, 0.1) is 12.5 Å². The Labute approximate surface area is 127 Å². The van der Waals surface area contributed by atoms with Gasteiger partial charge in [0, 0.05) is 17.8 Å². The first-order valence-electron chi connectivity index (χ1n) is 6.84. The molecule has 3 N–H and O–H groups in total. The standard InChI is InChI=1S/C15H24N2O2.ClH/c1-4-5-9-19-14-8-6-7-13(10-14)17-15(18)11(2)12(3)16;/h6-8,10-12H,4-5,9,16H2,1-3H3,(H,17,18);1H. The van der Waals surface area contributed by atoms with Gasteiger partial charge in [-0.3, -0.25) is 4.79 Å². The predicted molar refractivity (Wildman–Crippen MR) is 85.5 cm³/mol. The van der Waals surface area contributed by atoms with Crippen LogP contribution in [0.1, 0.15) is 33.6 Å². The summed E-state index contributed by atoms with van der Waals surface area (Å²) in [5.41, 5.74) is 6.46. The van der Waals surface area contributed by atoms with E-state index in [0.717, 1.165) is 24.3 Å². The van der Waals surface area contributed by atoms with Crippen LogP contribution < -0.4 is 15.8 Å². The van der Waals surface area contributed by atoms with Crippen LogP contribution >= 0.6 is 12.4 Å². The van der Waals surface area contributed by atoms with Crippen LogP contribution in [-0.2, 0) is 4.79 Å². The molecule has 114 valence electrons. The highest BCUT2D eigenvalue weighted by molar-refractivity contribution is 5.92. The van der Waals surface area contributed by atoms with Gasteiger partial charge in [0.1, 0.15) is 5.75 Å². The van der Waals surface area contributed by atoms with Gasteiger partial charge in [-0.15, -0.1) is 12.4 Å². The van der Waals surface area contributed by atoms with E-state index >= 15 is 0 Å². The molecule has 4 nitrogen and oxygen atoms in total. The molecule has 0 aromatic heterocycles. The van der Waals surface area contributed by atoms with E-state index in [2.05, 4.69) is 12.2 Å². The number of hydrogen-bond acceptors (Lipinski definition) is 3. The Morgan fingerprint density at radius 3 is 2.70 bits per heavy atom. The molecule has 0 bridgehead atoms. The maximum Gasteiger partial charge on any atom is 0.228 e. The highest BCUT2D eigenvalue weighted by Crippen LogP contribution is 2.18. The number of carbonyl (C=O) groups is 1. The molecule has 0 spiro atoms. The minimum Gasteiger partial charge on any atom is -0.494 e. The Balaban J connectivity index is 0.00000361. The zero-order valence-electron chi connectivity index (χ0n) is 12.4. The number of nitrogens with one attached hydrogen (secondary N) is 1. The molecule has 1 aromatic carbocycles. The number of halogens is 1. The van der Waals surface area contributed by atoms with Crippen molar-refractivity contribution < 1.29 is 9.53 Å². The number of anilines is 1. The minimum atomic E-state index is -0.218. The molecular formula is C15H25ClN2O2. The summed E-state index contributed by atoms with van der Waals surface area (Å²) in [6.45, 7) is 6.47. The zero-order valence-corrected chi connectivity index (χ0v) is 13.2. The molecule has 0 aliphatic carbocycles. The van der Waals surface area contributed by atoms with Crippen molar-refractivity contribution in [2.24, 2.45) is 11.7 Å². The van der Waals surface area contributed by atoms with Crippen molar-refractivity contribution in [1.29, 1.82) is 0 Å². The van der Waals surface area contributed by atoms with Crippen LogP contribution in [0, 0.1) is 5.92 Å². The highest BCUT2D eigenvalue weighted by atomic mass is 35.5. The molecule has 0 aliphatic rings. The van der Waals surface area contributed by atoms with Crippen LogP contribution in [-0.4, -0.2) is 18.6 Å². The molecule has 1 aromatic rings. The number of nitrogens with two attached hydrogens (primary N) is 1. The minimum absolute atomic E-state index is 0. The average Bonchev–Trinajstić information content (AvgIpc) is 2.38. The molecule has 0 saturated heterocycles. The van der Waals surface area contributed by atoms with Crippen LogP contribution in [0.4, 0.5) is 5.69 Å². The van der Waals surface area contributed by atoms with E-state index in [1.165, 1.54) is 0 Å². The maximum absolute atomic E-state index is 11.9. The van der Waals surface area contributed by atoms with E-state index in [4.69, 9.17) is 10.5 Å². The summed E-state index contributed by atoms with van der Waals surface area (Å²) >= 11 is 0. The van der Waals surface area contributed by atoms with E-state index < -0.39 is 0 Å². The van der Waals surface area contributed by atoms with Crippen molar-refractivity contribution >= 4 is 24.0 Å². The number of benzene rings is 1. The quantitative estimate of drug-likeness (QED) is 0.760. The largest absolute Gasteiger partial charge is 0.494 e. The van der Waals surface area contributed by atoms with Gasteiger partial charge in [-0.05, 0) is 25.5 Å². The molecule has 1 rings (SSSR count). The van der Waals surface area contributed by atoms with Crippen molar-refractivity contribution in [3.63, 3.8) is 0 Å². The monoisotopic (exact) mass is 300 g/mol. The van der Waals surface area contributed by atoms with Crippen molar-refractivity contribution in [3.8, 4) is 5.75 Å². The zero-order chi connectivity index (χ0) is 14.3. The van der Waals surface area contributed by atoms with Crippen LogP contribution in [0.25, 0.3) is 0 Å². The van der Waals surface area contributed by atoms with Gasteiger partial charge in [-0.25, -0.2) is 0 Å². The first-order chi connectivity index (χ1) is 9.04. The lowest BCUT2D eigenvalue weighted by molar-refractivity contribution is -0.119. The van der Waals surface area contributed by atoms with Crippen molar-refractivity contribution in [1.82, 2.24) is 0 Å². The van der Waals surface area contributed by atoms with Gasteiger partial charge in [0.25, 0.3) is 0 Å². The van der Waals surface area contributed by atoms with Gasteiger partial charge < -0.3 is 15.8 Å². The smallest absolute Gasteiger partial charge is 0.228 e. The Bertz CT molecular complexity index is 411. The molecule has 0 fully saturated rings. The molecule has 0 aliphatic heterocycles. The number of ether oxygens (including phenoxy) is 1. The second kappa shape index (κ2) is 9.61. The van der Waals surface area contributed by atoms with Crippen LogP contribution in [0.3, 0.4) is 0 Å². The number of hydrogen-bond donors (Lipinski definition) is 2. The number of unbranched alkanes of at least 4 members (excludes halogenated alkanes) is 1. The molecular weight excluding hydrogens is 276 g/mol. The Morgan fingerprint density at radius 1 is 1.40 bits per heavy atom. The summed E-state index contributed by atoms with van der Waals surface area (Å²) in [5.74, 6) is 0.491. The van der Waals surface area contributed by atoms with Gasteiger partial charge in [0.15, 0.2) is 0 Å². The van der Waals surface area contributed by atoms with E-state index in [0.29, 0.717) is 6.61 Å². The third-order valence-corrected chi connectivity index (χ3v) is 3.07. The van der Waals surface area contributed by atoms with E-state index in [9.17, 15) is 4.79 Å². The third kappa shape index (κ3) is 6.26. The first kappa shape index (κ1) is 18.7. The first-order valence-corrected chi connectivity index (χ1v) is 6.84. The number of amides is 1. The fourth-order valence-corrected chi connectivity index (χ4v) is 1.49. The maximum atomic E-state index is 11.9. The Hall–Kier alpha value is -1.26. The summed E-state index contributed by atoms with van der Waals surface area (Å²) in [6.07, 6.45) is 2.13. The van der Waals surface area contributed by atoms with Crippen LogP contribution in [0.2, 0.25) is 0 Å². The topological polar surface area (TPSA) is 64.3 Å². The lowest BCUT2D eigenvalue weighted by Gasteiger charge is -2.15. The van der Waals surface area contributed by atoms with Crippen molar-refractivity contribution in [2.45, 2.75) is 39.7 Å². The van der Waals surface area contributed by atoms with Crippen LogP contribution in [0.5, 0.6) is 5.75 Å². The molecule has 2 unspecified atom stereocenters. The third-order valence-electron chi connectivity index (χ3n) is 3.07. The highest BCUT2D eigenvalue weighted by Gasteiger charge is 2.16. The normalized spacial score (nSPS) is 13.0. The van der Waals surface area contributed by atoms with E-state index in [1.807, 2.05) is 38.1 Å². The average molecular weight is 301 g/mol. The number of rotatable bonds is 7. The number of carbonyl (C=O) groups excluding carboxylic acids is 1. The summed E-state index contributed by atoms with van der Waals surface area (Å²) < 4.78 is 5.60. The Kier molecular flexibility index (Phi) is 9.01. The van der Waals surface area contributed by atoms with Gasteiger partial charge >= 0.3 is 0 Å². The van der Waals surface area contributed by atoms with Gasteiger partial charge in [-0.1, -0.05) is 26.3 Å². The molecule has 5 heteroatoms. The van der Waals surface area contributed by atoms with Crippen LogP contribution in [0.15, 0.2) is 24.3 Å². The van der Waals surface area contributed by atoms with Crippen molar-refractivity contribution in [2.75, 3.05) is 11.9 Å². The van der Waals surface area contributed by atoms with Gasteiger partial charge in [-0.2, -0.15) is 0 Å². The summed E-state index contributed by atoms with van der Waals surface area (Å²) in [5, 5.41) is 2.85. The second-order valence-electron chi connectivity index (χ2n) is 4.87. The fraction of sp³-hybridized carbons (Fsp3) is 0.533. The molecule has 20 heavy (non-hydrogen) atoms. The second-order valence-corrected chi connectivity index (χ2v) is 4.87. The molecule has 0 radical (unpaired) electrons. The lowest BCUT2D eigenvalue weighted by Crippen LogP contribution is -2.34. The Morgan fingerprint density at radius 2 is 2.10 bits per heavy atom. The molecule has 0 saturated carbocycles. The summed E-state index contributed by atoms with van der Waals surface area (Å²) in [4.78, 5) is 11.9. The summed E-state index contributed by atoms with van der Waals surface area (Å²) in [6, 6.07) is 7.28. The predicted octanol–water partition coefficient (Wildman–Crippen LogP) is 3.21. The van der Waals surface area contributed by atoms with E-state index in [1.54, 1.807) is 0 Å². The van der Waals surface area contributed by atoms with Crippen molar-refractivity contribution in [3.05, 3.63) is 24.3 Å². The lowest BCUT2D eigenvalue weighted by atomic mass is 10.0. The SMILES string of the molecule is CCCCOc1cccc(NC(=O)C(C)C(C)N)c1.Cl. The molecule has 2 atom stereocenters. The van der Waals surface area contributed by atoms with Gasteiger partial charge in [0.2, 0.25) is 5.91 Å². The summed E-state index contributed by atoms with van der Waals surface area (Å²) in [7, 11) is 0. The fourth-order valence-electron chi connectivity index (χ4n) is 1.49. The van der Waals surface area contributed by atoms with E-state index in [-0.39, 0.29) is 30.3 Å².